The number of esters is 1. The number of aryl methyl sites for hydroxylation is 1. The van der Waals surface area contributed by atoms with E-state index < -0.39 is 16.0 Å². The lowest BCUT2D eigenvalue weighted by Crippen LogP contribution is -2.42. The highest BCUT2D eigenvalue weighted by Gasteiger charge is 2.32. The number of hydrogen-bond acceptors (Lipinski definition) is 5. The fraction of sp³-hybridized carbons (Fsp3) is 0.579. The third-order valence-corrected chi connectivity index (χ3v) is 7.06. The number of amides is 1. The van der Waals surface area contributed by atoms with Crippen LogP contribution in [0.1, 0.15) is 54.9 Å². The summed E-state index contributed by atoms with van der Waals surface area (Å²) in [6.07, 6.45) is 4.58. The molecule has 1 saturated heterocycles. The molecule has 1 atom stereocenters. The topological polar surface area (TPSA) is 92.8 Å². The monoisotopic (exact) mass is 394 g/mol. The molecule has 2 fully saturated rings. The molecular weight excluding hydrogens is 368 g/mol. The molecule has 27 heavy (non-hydrogen) atoms. The van der Waals surface area contributed by atoms with Crippen molar-refractivity contribution >= 4 is 21.9 Å². The first kappa shape index (κ1) is 19.8. The summed E-state index contributed by atoms with van der Waals surface area (Å²) in [5.41, 5.74) is 0.771. The van der Waals surface area contributed by atoms with Crippen LogP contribution in [-0.4, -0.2) is 49.8 Å². The molecule has 1 saturated carbocycles. The lowest BCUT2D eigenvalue weighted by molar-refractivity contribution is -0.124. The highest BCUT2D eigenvalue weighted by molar-refractivity contribution is 7.89. The molecular formula is C19H26N2O5S. The van der Waals surface area contributed by atoms with E-state index in [1.165, 1.54) is 16.4 Å². The lowest BCUT2D eigenvalue weighted by Gasteiger charge is -2.32. The maximum absolute atomic E-state index is 13.0. The van der Waals surface area contributed by atoms with Gasteiger partial charge in [-0.05, 0) is 57.2 Å². The van der Waals surface area contributed by atoms with E-state index in [0.29, 0.717) is 12.1 Å². The van der Waals surface area contributed by atoms with Gasteiger partial charge in [0.1, 0.15) is 0 Å². The standard InChI is InChI=1S/C19H26N2O5S/c1-13-6-9-16(27(24,25)21-10-4-3-5-14(21)2)11-17(13)19(23)26-12-18(22)20-15-7-8-15/h6,9,11,14-15H,3-5,7-8,10,12H2,1-2H3,(H,20,22). The summed E-state index contributed by atoms with van der Waals surface area (Å²) in [5.74, 6) is -1.03. The molecule has 0 spiro atoms. The van der Waals surface area contributed by atoms with Crippen molar-refractivity contribution < 1.29 is 22.7 Å². The third kappa shape index (κ3) is 4.68. The predicted octanol–water partition coefficient (Wildman–Crippen LogP) is 1.99. The number of sulfonamides is 1. The average Bonchev–Trinajstić information content (AvgIpc) is 3.44. The van der Waals surface area contributed by atoms with Crippen molar-refractivity contribution in [2.45, 2.75) is 62.9 Å². The van der Waals surface area contributed by atoms with E-state index in [9.17, 15) is 18.0 Å². The SMILES string of the molecule is Cc1ccc(S(=O)(=O)N2CCCCC2C)cc1C(=O)OCC(=O)NC1CC1. The van der Waals surface area contributed by atoms with Gasteiger partial charge in [0, 0.05) is 18.6 Å². The number of benzene rings is 1. The Kier molecular flexibility index (Phi) is 5.86. The van der Waals surface area contributed by atoms with Crippen molar-refractivity contribution in [2.75, 3.05) is 13.2 Å². The second-order valence-electron chi connectivity index (χ2n) is 7.36. The Morgan fingerprint density at radius 2 is 1.96 bits per heavy atom. The van der Waals surface area contributed by atoms with Gasteiger partial charge in [0.2, 0.25) is 10.0 Å². The highest BCUT2D eigenvalue weighted by Crippen LogP contribution is 2.26. The molecule has 1 aromatic carbocycles. The van der Waals surface area contributed by atoms with Gasteiger partial charge in [-0.1, -0.05) is 12.5 Å². The quantitative estimate of drug-likeness (QED) is 0.745. The third-order valence-electron chi connectivity index (χ3n) is 5.05. The van der Waals surface area contributed by atoms with Crippen molar-refractivity contribution in [2.24, 2.45) is 0 Å². The first-order valence-corrected chi connectivity index (χ1v) is 10.8. The van der Waals surface area contributed by atoms with Gasteiger partial charge in [0.25, 0.3) is 5.91 Å². The van der Waals surface area contributed by atoms with Gasteiger partial charge in [0.05, 0.1) is 10.5 Å². The Hall–Kier alpha value is -1.93. The number of nitrogens with zero attached hydrogens (tertiary/aromatic N) is 1. The molecule has 7 nitrogen and oxygen atoms in total. The molecule has 1 heterocycles. The number of nitrogens with one attached hydrogen (secondary N) is 1. The van der Waals surface area contributed by atoms with Crippen LogP contribution in [0.3, 0.4) is 0 Å². The van der Waals surface area contributed by atoms with E-state index in [1.807, 2.05) is 6.92 Å². The molecule has 3 rings (SSSR count). The van der Waals surface area contributed by atoms with Crippen LogP contribution in [0, 0.1) is 6.92 Å². The van der Waals surface area contributed by atoms with Crippen LogP contribution >= 0.6 is 0 Å². The largest absolute Gasteiger partial charge is 0.452 e. The van der Waals surface area contributed by atoms with Crippen LogP contribution in [0.2, 0.25) is 0 Å². The van der Waals surface area contributed by atoms with Crippen molar-refractivity contribution in [1.82, 2.24) is 9.62 Å². The molecule has 0 aromatic heterocycles. The Labute approximate surface area is 160 Å². The predicted molar refractivity (Wildman–Crippen MR) is 99.8 cm³/mol. The van der Waals surface area contributed by atoms with Gasteiger partial charge in [-0.15, -0.1) is 0 Å². The van der Waals surface area contributed by atoms with Crippen molar-refractivity contribution in [1.29, 1.82) is 0 Å². The van der Waals surface area contributed by atoms with Crippen LogP contribution in [0.25, 0.3) is 0 Å². The zero-order chi connectivity index (χ0) is 19.6. The lowest BCUT2D eigenvalue weighted by atomic mass is 10.1. The molecule has 148 valence electrons. The minimum Gasteiger partial charge on any atom is -0.452 e. The summed E-state index contributed by atoms with van der Waals surface area (Å²) in [5, 5.41) is 2.74. The summed E-state index contributed by atoms with van der Waals surface area (Å²) in [6.45, 7) is 3.73. The summed E-state index contributed by atoms with van der Waals surface area (Å²) in [6, 6.07) is 4.60. The fourth-order valence-electron chi connectivity index (χ4n) is 3.25. The molecule has 1 aliphatic heterocycles. The molecule has 0 radical (unpaired) electrons. The minimum atomic E-state index is -3.68. The van der Waals surface area contributed by atoms with Crippen LogP contribution in [0.5, 0.6) is 0 Å². The Morgan fingerprint density at radius 1 is 1.22 bits per heavy atom. The minimum absolute atomic E-state index is 0.0634. The number of rotatable bonds is 6. The molecule has 1 unspecified atom stereocenters. The fourth-order valence-corrected chi connectivity index (χ4v) is 4.98. The van der Waals surface area contributed by atoms with E-state index >= 15 is 0 Å². The maximum atomic E-state index is 13.0. The van der Waals surface area contributed by atoms with Crippen LogP contribution in [0.4, 0.5) is 0 Å². The first-order chi connectivity index (χ1) is 12.8. The number of hydrogen-bond donors (Lipinski definition) is 1. The molecule has 1 aromatic rings. The Balaban J connectivity index is 1.74. The molecule has 8 heteroatoms. The van der Waals surface area contributed by atoms with Gasteiger partial charge in [0.15, 0.2) is 6.61 Å². The number of piperidine rings is 1. The van der Waals surface area contributed by atoms with Crippen molar-refractivity contribution in [3.05, 3.63) is 29.3 Å². The van der Waals surface area contributed by atoms with E-state index in [4.69, 9.17) is 4.74 Å². The van der Waals surface area contributed by atoms with E-state index in [-0.39, 0.29) is 35.1 Å². The summed E-state index contributed by atoms with van der Waals surface area (Å²) in [4.78, 5) is 24.2. The van der Waals surface area contributed by atoms with Crippen LogP contribution in [0.15, 0.2) is 23.1 Å². The number of carbonyl (C=O) groups excluding carboxylic acids is 2. The zero-order valence-electron chi connectivity index (χ0n) is 15.7. The van der Waals surface area contributed by atoms with Crippen molar-refractivity contribution in [3.8, 4) is 0 Å². The molecule has 1 N–H and O–H groups in total. The van der Waals surface area contributed by atoms with Gasteiger partial charge in [-0.2, -0.15) is 4.31 Å². The molecule has 2 aliphatic rings. The second-order valence-corrected chi connectivity index (χ2v) is 9.25. The van der Waals surface area contributed by atoms with Gasteiger partial charge < -0.3 is 10.1 Å². The van der Waals surface area contributed by atoms with E-state index in [0.717, 1.165) is 32.1 Å². The highest BCUT2D eigenvalue weighted by atomic mass is 32.2. The Morgan fingerprint density at radius 3 is 2.63 bits per heavy atom. The van der Waals surface area contributed by atoms with Crippen LogP contribution < -0.4 is 5.32 Å². The van der Waals surface area contributed by atoms with Gasteiger partial charge in [-0.25, -0.2) is 13.2 Å². The van der Waals surface area contributed by atoms with Gasteiger partial charge >= 0.3 is 5.97 Å². The van der Waals surface area contributed by atoms with E-state index in [1.54, 1.807) is 13.0 Å². The molecule has 1 aliphatic carbocycles. The summed E-state index contributed by atoms with van der Waals surface area (Å²) < 4.78 is 32.5. The number of ether oxygens (including phenoxy) is 1. The normalized spacial score (nSPS) is 20.9. The van der Waals surface area contributed by atoms with E-state index in [2.05, 4.69) is 5.32 Å². The maximum Gasteiger partial charge on any atom is 0.338 e. The number of carbonyl (C=O) groups is 2. The molecule has 0 bridgehead atoms. The second kappa shape index (κ2) is 7.98. The zero-order valence-corrected chi connectivity index (χ0v) is 16.5. The average molecular weight is 394 g/mol. The molecule has 1 amide bonds. The summed E-state index contributed by atoms with van der Waals surface area (Å²) in [7, 11) is -3.68. The first-order valence-electron chi connectivity index (χ1n) is 9.38. The van der Waals surface area contributed by atoms with Crippen LogP contribution in [-0.2, 0) is 19.6 Å². The smallest absolute Gasteiger partial charge is 0.338 e. The summed E-state index contributed by atoms with van der Waals surface area (Å²) >= 11 is 0. The van der Waals surface area contributed by atoms with Gasteiger partial charge in [-0.3, -0.25) is 4.79 Å². The Bertz CT molecular complexity index is 833. The van der Waals surface area contributed by atoms with Crippen molar-refractivity contribution in [3.63, 3.8) is 0 Å².